The number of nitrogens with zero attached hydrogens (tertiary/aromatic N) is 2. The van der Waals surface area contributed by atoms with Crippen molar-refractivity contribution in [2.75, 3.05) is 0 Å². The van der Waals surface area contributed by atoms with E-state index in [0.717, 1.165) is 14.0 Å². The number of non-ortho nitro benzene ring substituents is 1. The van der Waals surface area contributed by atoms with Crippen LogP contribution in [0.25, 0.3) is 10.1 Å². The molecule has 3 aromatic rings. The van der Waals surface area contributed by atoms with Gasteiger partial charge < -0.3 is 0 Å². The summed E-state index contributed by atoms with van der Waals surface area (Å²) in [4.78, 5) is 23.7. The Balaban J connectivity index is 1.75. The third-order valence-corrected chi connectivity index (χ3v) is 5.62. The lowest BCUT2D eigenvalue weighted by Gasteiger charge is -1.94. The van der Waals surface area contributed by atoms with Crippen LogP contribution in [-0.2, 0) is 0 Å². The third kappa shape index (κ3) is 3.63. The van der Waals surface area contributed by atoms with Crippen LogP contribution in [0.15, 0.2) is 45.3 Å². The third-order valence-electron chi connectivity index (χ3n) is 2.88. The topological polar surface area (TPSA) is 84.6 Å². The molecule has 0 bridgehead atoms. The summed E-state index contributed by atoms with van der Waals surface area (Å²) in [6, 6.07) is 8.03. The van der Waals surface area contributed by atoms with E-state index < -0.39 is 4.92 Å². The highest BCUT2D eigenvalue weighted by molar-refractivity contribution is 9.10. The molecule has 0 aliphatic rings. The van der Waals surface area contributed by atoms with E-state index in [4.69, 9.17) is 0 Å². The number of thiophene rings is 2. The summed E-state index contributed by atoms with van der Waals surface area (Å²) in [7, 11) is 0. The lowest BCUT2D eigenvalue weighted by molar-refractivity contribution is -0.384. The average molecular weight is 410 g/mol. The molecule has 0 unspecified atom stereocenters. The van der Waals surface area contributed by atoms with E-state index in [2.05, 4.69) is 26.5 Å². The zero-order valence-electron chi connectivity index (χ0n) is 11.4. The van der Waals surface area contributed by atoms with Gasteiger partial charge in [-0.05, 0) is 34.1 Å². The standard InChI is InChI=1S/C14H8BrN3O3S2/c15-9-5-11(22-7-9)6-16-17-14(19)13-4-8-3-10(18(20)21)1-2-12(8)23-13/h1-7H,(H,17,19)/b16-6-. The quantitative estimate of drug-likeness (QED) is 0.393. The molecule has 1 amide bonds. The average Bonchev–Trinajstić information content (AvgIpc) is 3.12. The number of halogens is 1. The number of carbonyl (C=O) groups excluding carboxylic acids is 1. The minimum absolute atomic E-state index is 0.00329. The molecule has 2 heterocycles. The summed E-state index contributed by atoms with van der Waals surface area (Å²) in [5.74, 6) is -0.347. The van der Waals surface area contributed by atoms with Crippen LogP contribution in [0.5, 0.6) is 0 Å². The Bertz CT molecular complexity index is 932. The molecule has 1 aromatic carbocycles. The number of nitro benzene ring substituents is 1. The zero-order valence-corrected chi connectivity index (χ0v) is 14.6. The second kappa shape index (κ2) is 6.57. The first kappa shape index (κ1) is 15.8. The van der Waals surface area contributed by atoms with Crippen molar-refractivity contribution in [2.24, 2.45) is 5.10 Å². The fraction of sp³-hybridized carbons (Fsp3) is 0. The Morgan fingerprint density at radius 3 is 2.87 bits per heavy atom. The number of benzene rings is 1. The van der Waals surface area contributed by atoms with Crippen LogP contribution in [0, 0.1) is 10.1 Å². The summed E-state index contributed by atoms with van der Waals surface area (Å²) in [5, 5.41) is 17.3. The predicted molar refractivity (Wildman–Crippen MR) is 95.6 cm³/mol. The number of fused-ring (bicyclic) bond motifs is 1. The zero-order chi connectivity index (χ0) is 16.4. The Morgan fingerprint density at radius 2 is 2.17 bits per heavy atom. The van der Waals surface area contributed by atoms with Crippen LogP contribution >= 0.6 is 38.6 Å². The molecule has 1 N–H and O–H groups in total. The van der Waals surface area contributed by atoms with E-state index in [1.165, 1.54) is 34.8 Å². The van der Waals surface area contributed by atoms with Gasteiger partial charge in [-0.2, -0.15) is 5.10 Å². The van der Waals surface area contributed by atoms with E-state index >= 15 is 0 Å². The van der Waals surface area contributed by atoms with Gasteiger partial charge in [0.05, 0.1) is 16.0 Å². The Morgan fingerprint density at radius 1 is 1.35 bits per heavy atom. The number of hydrazone groups is 1. The van der Waals surface area contributed by atoms with E-state index in [1.54, 1.807) is 18.3 Å². The molecular weight excluding hydrogens is 402 g/mol. The van der Waals surface area contributed by atoms with Crippen molar-refractivity contribution in [3.05, 3.63) is 60.1 Å². The Hall–Kier alpha value is -2.10. The summed E-state index contributed by atoms with van der Waals surface area (Å²) >= 11 is 6.10. The molecular formula is C14H8BrN3O3S2. The molecule has 2 aromatic heterocycles. The number of nitro groups is 1. The van der Waals surface area contributed by atoms with Gasteiger partial charge >= 0.3 is 0 Å². The molecule has 0 fully saturated rings. The minimum atomic E-state index is -0.458. The van der Waals surface area contributed by atoms with Crippen LogP contribution in [0.2, 0.25) is 0 Å². The van der Waals surface area contributed by atoms with Gasteiger partial charge in [-0.3, -0.25) is 14.9 Å². The van der Waals surface area contributed by atoms with E-state index in [0.29, 0.717) is 10.3 Å². The number of rotatable bonds is 4. The molecule has 3 rings (SSSR count). The number of carbonyl (C=O) groups is 1. The maximum Gasteiger partial charge on any atom is 0.281 e. The van der Waals surface area contributed by atoms with Crippen molar-refractivity contribution in [1.82, 2.24) is 5.43 Å². The fourth-order valence-corrected chi connectivity index (χ4v) is 4.10. The van der Waals surface area contributed by atoms with Gasteiger partial charge in [0, 0.05) is 36.9 Å². The molecule has 0 saturated carbocycles. The lowest BCUT2D eigenvalue weighted by Crippen LogP contribution is -2.15. The van der Waals surface area contributed by atoms with E-state index in [9.17, 15) is 14.9 Å². The maximum absolute atomic E-state index is 12.1. The monoisotopic (exact) mass is 409 g/mol. The SMILES string of the molecule is O=C(N/N=C\c1cc(Br)cs1)c1cc2cc([N+](=O)[O-])ccc2s1. The molecule has 0 radical (unpaired) electrons. The first-order chi connectivity index (χ1) is 11.0. The van der Waals surface area contributed by atoms with Gasteiger partial charge in [0.2, 0.25) is 0 Å². The smallest absolute Gasteiger partial charge is 0.266 e. The lowest BCUT2D eigenvalue weighted by atomic mass is 10.2. The molecule has 116 valence electrons. The summed E-state index contributed by atoms with van der Waals surface area (Å²) < 4.78 is 1.77. The van der Waals surface area contributed by atoms with Crippen molar-refractivity contribution in [2.45, 2.75) is 0 Å². The molecule has 6 nitrogen and oxygen atoms in total. The highest BCUT2D eigenvalue weighted by atomic mass is 79.9. The highest BCUT2D eigenvalue weighted by Crippen LogP contribution is 2.28. The fourth-order valence-electron chi connectivity index (χ4n) is 1.86. The van der Waals surface area contributed by atoms with Crippen LogP contribution in [0.4, 0.5) is 5.69 Å². The summed E-state index contributed by atoms with van der Waals surface area (Å²) in [5.41, 5.74) is 2.46. The first-order valence-corrected chi connectivity index (χ1v) is 8.77. The van der Waals surface area contributed by atoms with Crippen LogP contribution < -0.4 is 5.43 Å². The Labute approximate surface area is 146 Å². The number of nitrogens with one attached hydrogen (secondary N) is 1. The normalized spacial score (nSPS) is 11.2. The van der Waals surface area contributed by atoms with Crippen molar-refractivity contribution in [3.63, 3.8) is 0 Å². The van der Waals surface area contributed by atoms with E-state index in [1.807, 2.05) is 11.4 Å². The van der Waals surface area contributed by atoms with Crippen molar-refractivity contribution in [3.8, 4) is 0 Å². The van der Waals surface area contributed by atoms with E-state index in [-0.39, 0.29) is 11.6 Å². The summed E-state index contributed by atoms with van der Waals surface area (Å²) in [6.45, 7) is 0. The Kier molecular flexibility index (Phi) is 4.51. The molecule has 0 aliphatic carbocycles. The maximum atomic E-state index is 12.1. The largest absolute Gasteiger partial charge is 0.281 e. The number of amides is 1. The van der Waals surface area contributed by atoms with Gasteiger partial charge in [0.25, 0.3) is 11.6 Å². The molecule has 0 atom stereocenters. The van der Waals surface area contributed by atoms with Crippen molar-refractivity contribution < 1.29 is 9.72 Å². The highest BCUT2D eigenvalue weighted by Gasteiger charge is 2.12. The van der Waals surface area contributed by atoms with Crippen LogP contribution in [-0.4, -0.2) is 17.0 Å². The first-order valence-electron chi connectivity index (χ1n) is 6.28. The molecule has 0 aliphatic heterocycles. The van der Waals surface area contributed by atoms with Gasteiger partial charge in [-0.25, -0.2) is 5.43 Å². The molecule has 0 saturated heterocycles. The summed E-state index contributed by atoms with van der Waals surface area (Å²) in [6.07, 6.45) is 1.56. The van der Waals surface area contributed by atoms with Gasteiger partial charge in [0.15, 0.2) is 0 Å². The number of hydrogen-bond acceptors (Lipinski definition) is 6. The molecule has 23 heavy (non-hydrogen) atoms. The molecule has 9 heteroatoms. The second-order valence-corrected chi connectivity index (χ2v) is 7.40. The molecule has 0 spiro atoms. The van der Waals surface area contributed by atoms with Gasteiger partial charge in [-0.15, -0.1) is 22.7 Å². The van der Waals surface area contributed by atoms with Crippen molar-refractivity contribution in [1.29, 1.82) is 0 Å². The van der Waals surface area contributed by atoms with Gasteiger partial charge in [-0.1, -0.05) is 0 Å². The number of hydrogen-bond donors (Lipinski definition) is 1. The van der Waals surface area contributed by atoms with Crippen LogP contribution in [0.1, 0.15) is 14.5 Å². The minimum Gasteiger partial charge on any atom is -0.266 e. The van der Waals surface area contributed by atoms with Crippen LogP contribution in [0.3, 0.4) is 0 Å². The van der Waals surface area contributed by atoms with Gasteiger partial charge in [0.1, 0.15) is 0 Å². The predicted octanol–water partition coefficient (Wildman–Crippen LogP) is 4.40. The second-order valence-electron chi connectivity index (χ2n) is 4.46. The van der Waals surface area contributed by atoms with Crippen molar-refractivity contribution >= 4 is 66.5 Å².